The number of hydrogen-bond donors (Lipinski definition) is 1. The molecule has 0 saturated carbocycles. The number of nitrogens with zero attached hydrogens (tertiary/aromatic N) is 2. The zero-order valence-electron chi connectivity index (χ0n) is 9.65. The second-order valence-electron chi connectivity index (χ2n) is 3.59. The molecule has 0 bridgehead atoms. The van der Waals surface area contributed by atoms with Crippen LogP contribution < -0.4 is 9.88 Å². The number of primary sulfonamides is 1. The van der Waals surface area contributed by atoms with E-state index in [1.165, 1.54) is 12.1 Å². The smallest absolute Gasteiger partial charge is 0.239 e. The molecule has 6 nitrogen and oxygen atoms in total. The quantitative estimate of drug-likeness (QED) is 0.911. The van der Waals surface area contributed by atoms with Crippen molar-refractivity contribution < 1.29 is 13.2 Å². The first-order chi connectivity index (χ1) is 9.00. The summed E-state index contributed by atoms with van der Waals surface area (Å²) in [7, 11) is -3.78. The van der Waals surface area contributed by atoms with E-state index in [9.17, 15) is 8.42 Å². The summed E-state index contributed by atoms with van der Waals surface area (Å²) in [4.78, 5) is 3.72. The number of rotatable bonds is 3. The third-order valence-electron chi connectivity index (χ3n) is 2.26. The maximum Gasteiger partial charge on any atom is 0.239 e. The van der Waals surface area contributed by atoms with E-state index in [1.54, 1.807) is 24.3 Å². The fraction of sp³-hybridized carbons (Fsp3) is 0. The number of hydrogen-bond acceptors (Lipinski definition) is 5. The minimum absolute atomic E-state index is 0.103. The zero-order valence-corrected chi connectivity index (χ0v) is 10.5. The van der Waals surface area contributed by atoms with Crippen LogP contribution in [0.3, 0.4) is 0 Å². The molecule has 1 heterocycles. The Kier molecular flexibility index (Phi) is 3.46. The molecular formula is C12H9N3O3S. The van der Waals surface area contributed by atoms with Gasteiger partial charge in [-0.25, -0.2) is 18.5 Å². The molecule has 0 fully saturated rings. The van der Waals surface area contributed by atoms with Crippen molar-refractivity contribution in [3.63, 3.8) is 0 Å². The molecule has 0 saturated heterocycles. The summed E-state index contributed by atoms with van der Waals surface area (Å²) in [6, 6.07) is 11.3. The molecule has 0 radical (unpaired) electrons. The van der Waals surface area contributed by atoms with Gasteiger partial charge in [0.2, 0.25) is 15.9 Å². The normalized spacial score (nSPS) is 10.7. The van der Waals surface area contributed by atoms with Crippen molar-refractivity contribution in [3.05, 3.63) is 48.2 Å². The molecule has 0 unspecified atom stereocenters. The average molecular weight is 275 g/mol. The second kappa shape index (κ2) is 5.06. The molecule has 0 spiro atoms. The van der Waals surface area contributed by atoms with Crippen LogP contribution in [0.25, 0.3) is 0 Å². The molecule has 0 atom stereocenters. The van der Waals surface area contributed by atoms with Gasteiger partial charge in [0, 0.05) is 6.07 Å². The molecule has 0 aliphatic carbocycles. The molecule has 1 aromatic heterocycles. The summed E-state index contributed by atoms with van der Waals surface area (Å²) < 4.78 is 27.5. The lowest BCUT2D eigenvalue weighted by atomic mass is 10.2. The lowest BCUT2D eigenvalue weighted by Crippen LogP contribution is -2.12. The Bertz CT molecular complexity index is 734. The third-order valence-corrected chi connectivity index (χ3v) is 3.16. The predicted molar refractivity (Wildman–Crippen MR) is 66.8 cm³/mol. The number of nitrogens with two attached hydrogens (primary N) is 1. The van der Waals surface area contributed by atoms with E-state index in [1.807, 2.05) is 6.07 Å². The zero-order chi connectivity index (χ0) is 13.9. The van der Waals surface area contributed by atoms with Crippen LogP contribution in [0, 0.1) is 11.3 Å². The minimum atomic E-state index is -3.78. The average Bonchev–Trinajstić information content (AvgIpc) is 2.39. The summed E-state index contributed by atoms with van der Waals surface area (Å²) in [5.41, 5.74) is 0.361. The van der Waals surface area contributed by atoms with Crippen molar-refractivity contribution >= 4 is 10.0 Å². The molecule has 0 amide bonds. The predicted octanol–water partition coefficient (Wildman–Crippen LogP) is 1.39. The van der Waals surface area contributed by atoms with Gasteiger partial charge in [-0.3, -0.25) is 0 Å². The Morgan fingerprint density at radius 1 is 1.21 bits per heavy atom. The Morgan fingerprint density at radius 2 is 1.95 bits per heavy atom. The lowest BCUT2D eigenvalue weighted by Gasteiger charge is -2.06. The van der Waals surface area contributed by atoms with Crippen molar-refractivity contribution in [2.24, 2.45) is 5.14 Å². The maximum atomic E-state index is 11.1. The third kappa shape index (κ3) is 3.07. The van der Waals surface area contributed by atoms with Gasteiger partial charge >= 0.3 is 0 Å². The number of ether oxygens (including phenoxy) is 1. The monoisotopic (exact) mass is 275 g/mol. The van der Waals surface area contributed by atoms with Crippen LogP contribution in [0.1, 0.15) is 5.56 Å². The highest BCUT2D eigenvalue weighted by Crippen LogP contribution is 2.23. The molecule has 19 heavy (non-hydrogen) atoms. The minimum Gasteiger partial charge on any atom is -0.438 e. The van der Waals surface area contributed by atoms with Gasteiger partial charge < -0.3 is 4.74 Å². The van der Waals surface area contributed by atoms with Gasteiger partial charge in [-0.1, -0.05) is 12.1 Å². The van der Waals surface area contributed by atoms with Crippen LogP contribution in [0.2, 0.25) is 0 Å². The number of sulfonamides is 1. The SMILES string of the molecule is N#Cc1ccccc1Oc1ccc(S(N)(=O)=O)cn1. The van der Waals surface area contributed by atoms with E-state index >= 15 is 0 Å². The largest absolute Gasteiger partial charge is 0.438 e. The van der Waals surface area contributed by atoms with Crippen molar-refractivity contribution in [1.29, 1.82) is 5.26 Å². The van der Waals surface area contributed by atoms with Crippen molar-refractivity contribution in [3.8, 4) is 17.7 Å². The standard InChI is InChI=1S/C12H9N3O3S/c13-7-9-3-1-2-4-11(9)18-12-6-5-10(8-15-12)19(14,16)17/h1-6,8H,(H2,14,16,17). The van der Waals surface area contributed by atoms with Crippen LogP contribution >= 0.6 is 0 Å². The van der Waals surface area contributed by atoms with Gasteiger partial charge in [0.1, 0.15) is 16.7 Å². The van der Waals surface area contributed by atoms with Gasteiger partial charge in [-0.05, 0) is 18.2 Å². The number of nitriles is 1. The van der Waals surface area contributed by atoms with Gasteiger partial charge in [0.25, 0.3) is 0 Å². The first-order valence-electron chi connectivity index (χ1n) is 5.16. The van der Waals surface area contributed by atoms with Crippen LogP contribution in [0.5, 0.6) is 11.6 Å². The molecule has 1 aromatic carbocycles. The van der Waals surface area contributed by atoms with Gasteiger partial charge in [-0.2, -0.15) is 5.26 Å². The summed E-state index contributed by atoms with van der Waals surface area (Å²) in [5.74, 6) is 0.524. The maximum absolute atomic E-state index is 11.1. The molecule has 96 valence electrons. The number of aromatic nitrogens is 1. The molecular weight excluding hydrogens is 266 g/mol. The number of para-hydroxylation sites is 1. The molecule has 2 N–H and O–H groups in total. The topological polar surface area (TPSA) is 106 Å². The van der Waals surface area contributed by atoms with Crippen LogP contribution in [-0.4, -0.2) is 13.4 Å². The number of benzene rings is 1. The Hall–Kier alpha value is -2.43. The fourth-order valence-electron chi connectivity index (χ4n) is 1.36. The van der Waals surface area contributed by atoms with E-state index in [2.05, 4.69) is 4.98 Å². The van der Waals surface area contributed by atoms with Gasteiger partial charge in [0.15, 0.2) is 0 Å². The summed E-state index contributed by atoms with van der Waals surface area (Å²) >= 11 is 0. The highest BCUT2D eigenvalue weighted by Gasteiger charge is 2.09. The van der Waals surface area contributed by atoms with Crippen LogP contribution in [-0.2, 0) is 10.0 Å². The number of pyridine rings is 1. The Morgan fingerprint density at radius 3 is 2.53 bits per heavy atom. The van der Waals surface area contributed by atoms with Crippen LogP contribution in [0.15, 0.2) is 47.5 Å². The van der Waals surface area contributed by atoms with Gasteiger partial charge in [-0.15, -0.1) is 0 Å². The van der Waals surface area contributed by atoms with Crippen molar-refractivity contribution in [2.75, 3.05) is 0 Å². The molecule has 0 aliphatic heterocycles. The first-order valence-corrected chi connectivity index (χ1v) is 6.71. The van der Waals surface area contributed by atoms with E-state index in [0.29, 0.717) is 11.3 Å². The van der Waals surface area contributed by atoms with E-state index in [0.717, 1.165) is 6.20 Å². The van der Waals surface area contributed by atoms with E-state index in [4.69, 9.17) is 15.1 Å². The first kappa shape index (κ1) is 13.0. The highest BCUT2D eigenvalue weighted by atomic mass is 32.2. The van der Waals surface area contributed by atoms with E-state index in [-0.39, 0.29) is 10.8 Å². The van der Waals surface area contributed by atoms with Crippen molar-refractivity contribution in [2.45, 2.75) is 4.90 Å². The Labute approximate surface area is 110 Å². The molecule has 0 aliphatic rings. The lowest BCUT2D eigenvalue weighted by molar-refractivity contribution is 0.460. The van der Waals surface area contributed by atoms with Crippen molar-refractivity contribution in [1.82, 2.24) is 4.98 Å². The van der Waals surface area contributed by atoms with Gasteiger partial charge in [0.05, 0.1) is 11.8 Å². The summed E-state index contributed by atoms with van der Waals surface area (Å²) in [6.45, 7) is 0. The highest BCUT2D eigenvalue weighted by molar-refractivity contribution is 7.89. The molecule has 7 heteroatoms. The van der Waals surface area contributed by atoms with Crippen LogP contribution in [0.4, 0.5) is 0 Å². The molecule has 2 rings (SSSR count). The summed E-state index contributed by atoms with van der Waals surface area (Å²) in [5, 5.41) is 13.9. The Balaban J connectivity index is 2.28. The fourth-order valence-corrected chi connectivity index (χ4v) is 1.81. The van der Waals surface area contributed by atoms with E-state index < -0.39 is 10.0 Å². The summed E-state index contributed by atoms with van der Waals surface area (Å²) in [6.07, 6.45) is 1.10. The second-order valence-corrected chi connectivity index (χ2v) is 5.15. The molecule has 2 aromatic rings.